The van der Waals surface area contributed by atoms with Crippen molar-refractivity contribution in [3.05, 3.63) is 62.1 Å². The number of aryl methyl sites for hydroxylation is 1. The average molecular weight is 352 g/mol. The van der Waals surface area contributed by atoms with Gasteiger partial charge in [-0.1, -0.05) is 15.9 Å². The summed E-state index contributed by atoms with van der Waals surface area (Å²) in [4.78, 5) is 10.4. The van der Waals surface area contributed by atoms with Gasteiger partial charge in [0.1, 0.15) is 18.1 Å². The lowest BCUT2D eigenvalue weighted by atomic mass is 10.2. The number of hydrogen-bond donors (Lipinski definition) is 0. The first-order chi connectivity index (χ1) is 10.0. The highest BCUT2D eigenvalue weighted by molar-refractivity contribution is 9.10. The van der Waals surface area contributed by atoms with Gasteiger partial charge in [-0.2, -0.15) is 0 Å². The van der Waals surface area contributed by atoms with Gasteiger partial charge < -0.3 is 9.47 Å². The minimum Gasteiger partial charge on any atom is -0.497 e. The number of hydrogen-bond acceptors (Lipinski definition) is 4. The van der Waals surface area contributed by atoms with Gasteiger partial charge in [0.15, 0.2) is 0 Å². The van der Waals surface area contributed by atoms with Crippen LogP contribution in [0.2, 0.25) is 0 Å². The highest BCUT2D eigenvalue weighted by atomic mass is 79.9. The van der Waals surface area contributed by atoms with Crippen molar-refractivity contribution in [1.82, 2.24) is 0 Å². The lowest BCUT2D eigenvalue weighted by Crippen LogP contribution is -1.98. The van der Waals surface area contributed by atoms with Gasteiger partial charge in [-0.15, -0.1) is 0 Å². The average Bonchev–Trinajstić information content (AvgIpc) is 2.46. The summed E-state index contributed by atoms with van der Waals surface area (Å²) in [5, 5.41) is 10.8. The Kier molecular flexibility index (Phi) is 4.80. The highest BCUT2D eigenvalue weighted by Crippen LogP contribution is 2.26. The molecule has 2 aromatic rings. The maximum absolute atomic E-state index is 10.8. The molecule has 21 heavy (non-hydrogen) atoms. The van der Waals surface area contributed by atoms with E-state index in [1.807, 2.05) is 18.2 Å². The van der Waals surface area contributed by atoms with Crippen molar-refractivity contribution in [3.63, 3.8) is 0 Å². The Morgan fingerprint density at radius 2 is 1.90 bits per heavy atom. The van der Waals surface area contributed by atoms with E-state index in [0.717, 1.165) is 15.8 Å². The fraction of sp³-hybridized carbons (Fsp3) is 0.200. The number of nitro groups is 1. The summed E-state index contributed by atoms with van der Waals surface area (Å²) in [6, 6.07) is 10.3. The molecule has 0 aromatic heterocycles. The summed E-state index contributed by atoms with van der Waals surface area (Å²) >= 11 is 3.45. The number of ether oxygens (including phenoxy) is 2. The van der Waals surface area contributed by atoms with Gasteiger partial charge >= 0.3 is 0 Å². The molecule has 0 saturated carbocycles. The molecular formula is C15H14BrNO4. The zero-order valence-corrected chi connectivity index (χ0v) is 13.2. The summed E-state index contributed by atoms with van der Waals surface area (Å²) in [5.74, 6) is 1.34. The van der Waals surface area contributed by atoms with Gasteiger partial charge in [0, 0.05) is 21.7 Å². The van der Waals surface area contributed by atoms with Gasteiger partial charge in [0.25, 0.3) is 5.69 Å². The van der Waals surface area contributed by atoms with E-state index in [1.54, 1.807) is 26.2 Å². The lowest BCUT2D eigenvalue weighted by Gasteiger charge is -2.10. The first-order valence-corrected chi connectivity index (χ1v) is 7.01. The monoisotopic (exact) mass is 351 g/mol. The number of nitrogens with zero attached hydrogens (tertiary/aromatic N) is 1. The predicted molar refractivity (Wildman–Crippen MR) is 82.9 cm³/mol. The lowest BCUT2D eigenvalue weighted by molar-refractivity contribution is -0.385. The maximum atomic E-state index is 10.8. The molecule has 110 valence electrons. The van der Waals surface area contributed by atoms with E-state index < -0.39 is 4.92 Å². The normalized spacial score (nSPS) is 10.2. The highest BCUT2D eigenvalue weighted by Gasteiger charge is 2.11. The Bertz CT molecular complexity index is 673. The van der Waals surface area contributed by atoms with E-state index >= 15 is 0 Å². The molecule has 5 nitrogen and oxygen atoms in total. The van der Waals surface area contributed by atoms with E-state index in [2.05, 4.69) is 15.9 Å². The topological polar surface area (TPSA) is 61.6 Å². The van der Waals surface area contributed by atoms with Crippen molar-refractivity contribution in [1.29, 1.82) is 0 Å². The van der Waals surface area contributed by atoms with Crippen molar-refractivity contribution >= 4 is 21.6 Å². The molecule has 0 radical (unpaired) electrons. The quantitative estimate of drug-likeness (QED) is 0.596. The Labute approximate surface area is 130 Å². The predicted octanol–water partition coefficient (Wildman–Crippen LogP) is 4.25. The minimum absolute atomic E-state index is 0.0879. The van der Waals surface area contributed by atoms with Gasteiger partial charge in [0.2, 0.25) is 0 Å². The molecule has 0 aliphatic heterocycles. The fourth-order valence-electron chi connectivity index (χ4n) is 1.87. The number of nitro benzene ring substituents is 1. The molecule has 2 aromatic carbocycles. The van der Waals surface area contributed by atoms with Crippen LogP contribution in [0.4, 0.5) is 5.69 Å². The second-order valence-electron chi connectivity index (χ2n) is 4.45. The van der Waals surface area contributed by atoms with Crippen LogP contribution in [0.3, 0.4) is 0 Å². The van der Waals surface area contributed by atoms with Crippen molar-refractivity contribution < 1.29 is 14.4 Å². The smallest absolute Gasteiger partial charge is 0.272 e. The molecule has 0 amide bonds. The van der Waals surface area contributed by atoms with Crippen LogP contribution in [0.15, 0.2) is 40.9 Å². The molecule has 6 heteroatoms. The van der Waals surface area contributed by atoms with Gasteiger partial charge in [-0.25, -0.2) is 0 Å². The maximum Gasteiger partial charge on any atom is 0.272 e. The molecule has 0 heterocycles. The third kappa shape index (κ3) is 3.72. The van der Waals surface area contributed by atoms with Crippen LogP contribution in [0, 0.1) is 17.0 Å². The second kappa shape index (κ2) is 6.58. The van der Waals surface area contributed by atoms with Gasteiger partial charge in [-0.05, 0) is 37.3 Å². The summed E-state index contributed by atoms with van der Waals surface area (Å²) in [7, 11) is 1.60. The summed E-state index contributed by atoms with van der Waals surface area (Å²) in [6.45, 7) is 2.03. The van der Waals surface area contributed by atoms with E-state index in [-0.39, 0.29) is 5.69 Å². The third-order valence-corrected chi connectivity index (χ3v) is 3.79. The zero-order chi connectivity index (χ0) is 15.4. The number of rotatable bonds is 5. The molecule has 0 N–H and O–H groups in total. The van der Waals surface area contributed by atoms with Crippen molar-refractivity contribution in [2.75, 3.05) is 7.11 Å². The first-order valence-electron chi connectivity index (χ1n) is 6.21. The minimum atomic E-state index is -0.405. The van der Waals surface area contributed by atoms with Gasteiger partial charge in [-0.3, -0.25) is 10.1 Å². The summed E-state index contributed by atoms with van der Waals surface area (Å²) in [5.41, 5.74) is 1.59. The molecule has 0 fully saturated rings. The van der Waals surface area contributed by atoms with Crippen LogP contribution in [-0.4, -0.2) is 12.0 Å². The van der Waals surface area contributed by atoms with Crippen molar-refractivity contribution in [2.24, 2.45) is 0 Å². The Morgan fingerprint density at radius 3 is 2.52 bits per heavy atom. The van der Waals surface area contributed by atoms with E-state index in [1.165, 1.54) is 6.07 Å². The molecule has 2 rings (SSSR count). The van der Waals surface area contributed by atoms with Crippen LogP contribution in [0.25, 0.3) is 0 Å². The van der Waals surface area contributed by atoms with Crippen LogP contribution >= 0.6 is 15.9 Å². The number of benzene rings is 2. The Morgan fingerprint density at radius 1 is 1.19 bits per heavy atom. The largest absolute Gasteiger partial charge is 0.497 e. The molecule has 0 bridgehead atoms. The fourth-order valence-corrected chi connectivity index (χ4v) is 2.23. The Balaban J connectivity index is 2.13. The molecular weight excluding hydrogens is 338 g/mol. The van der Waals surface area contributed by atoms with Crippen LogP contribution in [0.5, 0.6) is 11.5 Å². The van der Waals surface area contributed by atoms with Crippen LogP contribution in [-0.2, 0) is 6.61 Å². The summed E-state index contributed by atoms with van der Waals surface area (Å²) in [6.07, 6.45) is 0. The standard InChI is InChI=1S/C15H14BrNO4/c1-10-7-13(4-6-15(10)17(18)19)21-9-11-8-12(20-2)3-5-14(11)16/h3-8H,9H2,1-2H3. The first kappa shape index (κ1) is 15.3. The summed E-state index contributed by atoms with van der Waals surface area (Å²) < 4.78 is 11.8. The SMILES string of the molecule is COc1ccc(Br)c(COc2ccc([N+](=O)[O-])c(C)c2)c1. The van der Waals surface area contributed by atoms with Crippen molar-refractivity contribution in [3.8, 4) is 11.5 Å². The molecule has 0 unspecified atom stereocenters. The second-order valence-corrected chi connectivity index (χ2v) is 5.31. The number of methoxy groups -OCH3 is 1. The Hall–Kier alpha value is -2.08. The van der Waals surface area contributed by atoms with Crippen molar-refractivity contribution in [2.45, 2.75) is 13.5 Å². The van der Waals surface area contributed by atoms with Crippen LogP contribution < -0.4 is 9.47 Å². The molecule has 0 aliphatic carbocycles. The molecule has 0 atom stereocenters. The zero-order valence-electron chi connectivity index (χ0n) is 11.6. The van der Waals surface area contributed by atoms with Crippen LogP contribution in [0.1, 0.15) is 11.1 Å². The number of halogens is 1. The van der Waals surface area contributed by atoms with E-state index in [9.17, 15) is 10.1 Å². The molecule has 0 saturated heterocycles. The van der Waals surface area contributed by atoms with E-state index in [0.29, 0.717) is 17.9 Å². The molecule has 0 aliphatic rings. The van der Waals surface area contributed by atoms with Gasteiger partial charge in [0.05, 0.1) is 12.0 Å². The van der Waals surface area contributed by atoms with E-state index in [4.69, 9.17) is 9.47 Å². The third-order valence-electron chi connectivity index (χ3n) is 3.01. The molecule has 0 spiro atoms.